The van der Waals surface area contributed by atoms with Gasteiger partial charge in [-0.05, 0) is 73.6 Å². The molecule has 0 saturated heterocycles. The Hall–Kier alpha value is -2.01. The van der Waals surface area contributed by atoms with E-state index < -0.39 is 10.0 Å². The quantitative estimate of drug-likeness (QED) is 0.930. The van der Waals surface area contributed by atoms with Gasteiger partial charge in [0.2, 0.25) is 0 Å². The van der Waals surface area contributed by atoms with Crippen molar-refractivity contribution in [2.75, 3.05) is 11.8 Å². The normalized spacial score (nSPS) is 14.2. The molecule has 1 aliphatic rings. The van der Waals surface area contributed by atoms with Gasteiger partial charge in [0, 0.05) is 0 Å². The lowest BCUT2D eigenvalue weighted by Crippen LogP contribution is -2.15. The molecular weight excluding hydrogens is 310 g/mol. The Morgan fingerprint density at radius 1 is 1.00 bits per heavy atom. The van der Waals surface area contributed by atoms with E-state index in [9.17, 15) is 8.42 Å². The highest BCUT2D eigenvalue weighted by molar-refractivity contribution is 7.92. The zero-order valence-electron chi connectivity index (χ0n) is 13.4. The summed E-state index contributed by atoms with van der Waals surface area (Å²) in [5.41, 5.74) is 3.85. The molecule has 5 heteroatoms. The van der Waals surface area contributed by atoms with Crippen molar-refractivity contribution in [1.82, 2.24) is 0 Å². The summed E-state index contributed by atoms with van der Waals surface area (Å²) in [6.07, 6.45) is 4.29. The van der Waals surface area contributed by atoms with Crippen LogP contribution in [0.15, 0.2) is 41.3 Å². The lowest BCUT2D eigenvalue weighted by molar-refractivity contribution is 0.417. The number of nitrogens with one attached hydrogen (secondary N) is 1. The Balaban J connectivity index is 1.95. The summed E-state index contributed by atoms with van der Waals surface area (Å²) in [7, 11) is -2.10. The zero-order valence-corrected chi connectivity index (χ0v) is 14.2. The summed E-state index contributed by atoms with van der Waals surface area (Å²) in [5.74, 6) is 0.511. The highest BCUT2D eigenvalue weighted by Crippen LogP contribution is 2.29. The second-order valence-corrected chi connectivity index (χ2v) is 7.63. The molecule has 0 atom stereocenters. The summed E-state index contributed by atoms with van der Waals surface area (Å²) in [5, 5.41) is 0. The van der Waals surface area contributed by atoms with Crippen molar-refractivity contribution in [1.29, 1.82) is 0 Å². The fourth-order valence-electron chi connectivity index (χ4n) is 2.98. The minimum absolute atomic E-state index is 0.307. The average Bonchev–Trinajstić information content (AvgIpc) is 2.54. The smallest absolute Gasteiger partial charge is 0.262 e. The SMILES string of the molecule is COc1ccc(C)cc1NS(=O)(=O)c1ccc2c(c1)CCCC2. The molecule has 0 saturated carbocycles. The molecule has 0 bridgehead atoms. The molecule has 0 spiro atoms. The van der Waals surface area contributed by atoms with Gasteiger partial charge < -0.3 is 4.74 Å². The van der Waals surface area contributed by atoms with Gasteiger partial charge in [0.25, 0.3) is 10.0 Å². The van der Waals surface area contributed by atoms with E-state index in [0.29, 0.717) is 16.3 Å². The maximum atomic E-state index is 12.7. The summed E-state index contributed by atoms with van der Waals surface area (Å²) in [6, 6.07) is 10.9. The van der Waals surface area contributed by atoms with E-state index in [1.165, 1.54) is 19.1 Å². The van der Waals surface area contributed by atoms with Crippen LogP contribution in [0.3, 0.4) is 0 Å². The standard InChI is InChI=1S/C18H21NO3S/c1-13-7-10-18(22-2)17(11-13)19-23(20,21)16-9-8-14-5-3-4-6-15(14)12-16/h7-12,19H,3-6H2,1-2H3. The number of rotatable bonds is 4. The number of hydrogen-bond donors (Lipinski definition) is 1. The van der Waals surface area contributed by atoms with Crippen LogP contribution in [0.4, 0.5) is 5.69 Å². The molecule has 2 aromatic rings. The molecule has 0 aromatic heterocycles. The average molecular weight is 331 g/mol. The molecule has 0 aliphatic heterocycles. The van der Waals surface area contributed by atoms with E-state index in [4.69, 9.17) is 4.74 Å². The van der Waals surface area contributed by atoms with E-state index in [0.717, 1.165) is 30.4 Å². The molecule has 0 radical (unpaired) electrons. The topological polar surface area (TPSA) is 55.4 Å². The summed E-state index contributed by atoms with van der Waals surface area (Å²) in [6.45, 7) is 1.91. The molecule has 122 valence electrons. The maximum absolute atomic E-state index is 12.7. The van der Waals surface area contributed by atoms with Crippen molar-refractivity contribution in [3.8, 4) is 5.75 Å². The van der Waals surface area contributed by atoms with Gasteiger partial charge >= 0.3 is 0 Å². The fourth-order valence-corrected chi connectivity index (χ4v) is 4.09. The minimum Gasteiger partial charge on any atom is -0.495 e. The Bertz CT molecular complexity index is 828. The van der Waals surface area contributed by atoms with Crippen molar-refractivity contribution in [3.05, 3.63) is 53.1 Å². The second-order valence-electron chi connectivity index (χ2n) is 5.95. The number of methoxy groups -OCH3 is 1. The first-order chi connectivity index (χ1) is 11.0. The Morgan fingerprint density at radius 2 is 1.74 bits per heavy atom. The van der Waals surface area contributed by atoms with Crippen LogP contribution < -0.4 is 9.46 Å². The monoisotopic (exact) mass is 331 g/mol. The van der Waals surface area contributed by atoms with Gasteiger partial charge in [0.05, 0.1) is 17.7 Å². The summed E-state index contributed by atoms with van der Waals surface area (Å²) in [4.78, 5) is 0.307. The highest BCUT2D eigenvalue weighted by atomic mass is 32.2. The molecule has 0 fully saturated rings. The van der Waals surface area contributed by atoms with E-state index >= 15 is 0 Å². The van der Waals surface area contributed by atoms with Gasteiger partial charge in [-0.25, -0.2) is 8.42 Å². The molecule has 4 nitrogen and oxygen atoms in total. The molecule has 1 aliphatic carbocycles. The third-order valence-electron chi connectivity index (χ3n) is 4.23. The van der Waals surface area contributed by atoms with Crippen LogP contribution in [-0.4, -0.2) is 15.5 Å². The largest absolute Gasteiger partial charge is 0.495 e. The first kappa shape index (κ1) is 15.9. The highest BCUT2D eigenvalue weighted by Gasteiger charge is 2.19. The molecule has 1 N–H and O–H groups in total. The van der Waals surface area contributed by atoms with Crippen molar-refractivity contribution in [3.63, 3.8) is 0 Å². The van der Waals surface area contributed by atoms with Crippen LogP contribution in [0, 0.1) is 6.92 Å². The Kier molecular flexibility index (Phi) is 4.31. The number of hydrogen-bond acceptors (Lipinski definition) is 3. The third kappa shape index (κ3) is 3.34. The number of sulfonamides is 1. The Labute approximate surface area is 137 Å². The van der Waals surface area contributed by atoms with E-state index in [2.05, 4.69) is 4.72 Å². The van der Waals surface area contributed by atoms with Gasteiger partial charge in [-0.1, -0.05) is 12.1 Å². The molecule has 0 unspecified atom stereocenters. The van der Waals surface area contributed by atoms with Crippen LogP contribution in [0.2, 0.25) is 0 Å². The molecule has 0 amide bonds. The van der Waals surface area contributed by atoms with Crippen molar-refractivity contribution in [2.45, 2.75) is 37.5 Å². The third-order valence-corrected chi connectivity index (χ3v) is 5.59. The summed E-state index contributed by atoms with van der Waals surface area (Å²) < 4.78 is 33.3. The van der Waals surface area contributed by atoms with Crippen LogP contribution in [0.5, 0.6) is 5.75 Å². The molecular formula is C18H21NO3S. The van der Waals surface area contributed by atoms with Gasteiger partial charge in [-0.3, -0.25) is 4.72 Å². The minimum atomic E-state index is -3.63. The van der Waals surface area contributed by atoms with E-state index in [1.807, 2.05) is 19.1 Å². The number of anilines is 1. The second kappa shape index (κ2) is 6.24. The number of ether oxygens (including phenoxy) is 1. The lowest BCUT2D eigenvalue weighted by atomic mass is 9.92. The van der Waals surface area contributed by atoms with Gasteiger partial charge in [0.1, 0.15) is 5.75 Å². The van der Waals surface area contributed by atoms with Gasteiger partial charge in [-0.2, -0.15) is 0 Å². The molecule has 2 aromatic carbocycles. The number of aryl methyl sites for hydroxylation is 3. The van der Waals surface area contributed by atoms with Crippen LogP contribution in [0.25, 0.3) is 0 Å². The van der Waals surface area contributed by atoms with Crippen LogP contribution in [-0.2, 0) is 22.9 Å². The summed E-state index contributed by atoms with van der Waals surface area (Å²) >= 11 is 0. The van der Waals surface area contributed by atoms with Gasteiger partial charge in [-0.15, -0.1) is 0 Å². The van der Waals surface area contributed by atoms with Crippen LogP contribution >= 0.6 is 0 Å². The van der Waals surface area contributed by atoms with Crippen molar-refractivity contribution >= 4 is 15.7 Å². The first-order valence-corrected chi connectivity index (χ1v) is 9.27. The maximum Gasteiger partial charge on any atom is 0.262 e. The lowest BCUT2D eigenvalue weighted by Gasteiger charge is -2.17. The fraction of sp³-hybridized carbons (Fsp3) is 0.333. The van der Waals surface area contributed by atoms with Gasteiger partial charge in [0.15, 0.2) is 0 Å². The molecule has 3 rings (SSSR count). The van der Waals surface area contributed by atoms with Crippen LogP contribution in [0.1, 0.15) is 29.5 Å². The molecule has 0 heterocycles. The van der Waals surface area contributed by atoms with Crippen molar-refractivity contribution in [2.24, 2.45) is 0 Å². The Morgan fingerprint density at radius 3 is 2.48 bits per heavy atom. The molecule has 23 heavy (non-hydrogen) atoms. The number of fused-ring (bicyclic) bond motifs is 1. The first-order valence-electron chi connectivity index (χ1n) is 7.79. The van der Waals surface area contributed by atoms with Crippen molar-refractivity contribution < 1.29 is 13.2 Å². The number of benzene rings is 2. The zero-order chi connectivity index (χ0) is 16.4. The van der Waals surface area contributed by atoms with E-state index in [-0.39, 0.29) is 0 Å². The predicted octanol–water partition coefficient (Wildman–Crippen LogP) is 3.68. The van der Waals surface area contributed by atoms with E-state index in [1.54, 1.807) is 24.3 Å². The predicted molar refractivity (Wildman–Crippen MR) is 91.6 cm³/mol.